The Kier molecular flexibility index (Phi) is 9.17. The number of carbonyl (C=O) groups is 2. The first kappa shape index (κ1) is 28.4. The van der Waals surface area contributed by atoms with Gasteiger partial charge >= 0.3 is 6.09 Å². The Bertz CT molecular complexity index is 971. The lowest BCUT2D eigenvalue weighted by Crippen LogP contribution is -2.62. The molecule has 0 aliphatic carbocycles. The fourth-order valence-corrected chi connectivity index (χ4v) is 7.50. The fraction of sp³-hybridized carbons (Fsp3) is 0.750. The minimum atomic E-state index is -0.328. The van der Waals surface area contributed by atoms with Crippen molar-refractivity contribution in [3.8, 4) is 0 Å². The molecule has 7 heteroatoms. The van der Waals surface area contributed by atoms with Gasteiger partial charge in [0.05, 0.1) is 12.6 Å². The largest absolute Gasteiger partial charge is 0.442 e. The molecular formula is C32H49N3O4. The van der Waals surface area contributed by atoms with Gasteiger partial charge in [-0.3, -0.25) is 9.69 Å². The van der Waals surface area contributed by atoms with Crippen LogP contribution in [0.15, 0.2) is 18.2 Å². The molecule has 2 atom stereocenters. The molecule has 4 saturated heterocycles. The molecular weight excluding hydrogens is 490 g/mol. The van der Waals surface area contributed by atoms with E-state index in [0.29, 0.717) is 18.5 Å². The normalized spacial score (nSPS) is 26.6. The Labute approximate surface area is 235 Å². The predicted octanol–water partition coefficient (Wildman–Crippen LogP) is 5.57. The average molecular weight is 540 g/mol. The van der Waals surface area contributed by atoms with Crippen LogP contribution in [-0.2, 0) is 9.47 Å². The number of carbonyl (C=O) groups excluding carboxylic acids is 2. The number of nitrogens with zero attached hydrogens (tertiary/aromatic N) is 3. The second-order valence-corrected chi connectivity index (χ2v) is 12.5. The van der Waals surface area contributed by atoms with Crippen LogP contribution in [0.3, 0.4) is 0 Å². The van der Waals surface area contributed by atoms with Gasteiger partial charge in [0, 0.05) is 69.7 Å². The Morgan fingerprint density at radius 2 is 1.74 bits per heavy atom. The molecule has 1 aromatic carbocycles. The Morgan fingerprint density at radius 1 is 1.03 bits per heavy atom. The minimum absolute atomic E-state index is 0.135. The summed E-state index contributed by atoms with van der Waals surface area (Å²) >= 11 is 0. The minimum Gasteiger partial charge on any atom is -0.442 e. The number of benzene rings is 1. The van der Waals surface area contributed by atoms with Gasteiger partial charge in [-0.1, -0.05) is 38.0 Å². The molecule has 216 valence electrons. The van der Waals surface area contributed by atoms with Crippen molar-refractivity contribution in [2.75, 3.05) is 45.9 Å². The number of ether oxygens (including phenoxy) is 2. The maximum absolute atomic E-state index is 13.3. The second kappa shape index (κ2) is 12.6. The van der Waals surface area contributed by atoms with Gasteiger partial charge in [0.25, 0.3) is 5.91 Å². The van der Waals surface area contributed by atoms with Gasteiger partial charge in [0.1, 0.15) is 5.60 Å². The van der Waals surface area contributed by atoms with Crippen LogP contribution in [0, 0.1) is 19.8 Å². The third-order valence-electron chi connectivity index (χ3n) is 9.95. The number of amides is 2. The van der Waals surface area contributed by atoms with E-state index in [1.165, 1.54) is 12.8 Å². The third kappa shape index (κ3) is 6.30. The molecule has 0 bridgehead atoms. The molecule has 0 aromatic heterocycles. The summed E-state index contributed by atoms with van der Waals surface area (Å²) in [6, 6.07) is 6.59. The molecule has 39 heavy (non-hydrogen) atoms. The molecule has 0 saturated carbocycles. The highest BCUT2D eigenvalue weighted by Gasteiger charge is 2.50. The number of hydrogen-bond acceptors (Lipinski definition) is 5. The summed E-state index contributed by atoms with van der Waals surface area (Å²) in [6.45, 7) is 12.2. The smallest absolute Gasteiger partial charge is 0.410 e. The lowest BCUT2D eigenvalue weighted by atomic mass is 9.75. The number of piperidine rings is 2. The molecule has 2 unspecified atom stereocenters. The molecule has 0 N–H and O–H groups in total. The van der Waals surface area contributed by atoms with Crippen LogP contribution in [0.25, 0.3) is 0 Å². The van der Waals surface area contributed by atoms with E-state index < -0.39 is 0 Å². The predicted molar refractivity (Wildman–Crippen MR) is 153 cm³/mol. The van der Waals surface area contributed by atoms with Crippen molar-refractivity contribution in [2.24, 2.45) is 5.92 Å². The van der Waals surface area contributed by atoms with Gasteiger partial charge in [0.2, 0.25) is 0 Å². The molecule has 1 spiro atoms. The van der Waals surface area contributed by atoms with Crippen LogP contribution in [0.1, 0.15) is 92.6 Å². The molecule has 4 aliphatic rings. The van der Waals surface area contributed by atoms with Gasteiger partial charge < -0.3 is 19.3 Å². The number of hydrogen-bond donors (Lipinski definition) is 0. The zero-order valence-corrected chi connectivity index (χ0v) is 24.5. The summed E-state index contributed by atoms with van der Waals surface area (Å²) < 4.78 is 12.3. The van der Waals surface area contributed by atoms with E-state index in [1.807, 2.05) is 41.8 Å². The lowest BCUT2D eigenvalue weighted by Gasteiger charge is -2.52. The van der Waals surface area contributed by atoms with Gasteiger partial charge in [0.15, 0.2) is 0 Å². The summed E-state index contributed by atoms with van der Waals surface area (Å²) in [6.07, 6.45) is 10.7. The first-order chi connectivity index (χ1) is 18.9. The maximum Gasteiger partial charge on any atom is 0.410 e. The Balaban J connectivity index is 1.16. The molecule has 4 heterocycles. The van der Waals surface area contributed by atoms with Crippen molar-refractivity contribution in [2.45, 2.75) is 103 Å². The van der Waals surface area contributed by atoms with Crippen molar-refractivity contribution in [3.63, 3.8) is 0 Å². The third-order valence-corrected chi connectivity index (χ3v) is 9.95. The zero-order valence-electron chi connectivity index (χ0n) is 24.5. The van der Waals surface area contributed by atoms with E-state index >= 15 is 0 Å². The molecule has 0 radical (unpaired) electrons. The van der Waals surface area contributed by atoms with Crippen LogP contribution in [0.2, 0.25) is 0 Å². The standard InChI is InChI=1S/C32H49N3O4/c1-4-5-11-26-22-35(23-28-12-6-7-21-38-28)31(37)39-32(26)15-19-33(20-16-32)27-13-17-34(18-14-27)30(36)29-24(2)9-8-10-25(29)3/h8-10,26-28H,4-7,11-23H2,1-3H3. The van der Waals surface area contributed by atoms with Crippen molar-refractivity contribution < 1.29 is 19.1 Å². The van der Waals surface area contributed by atoms with Crippen molar-refractivity contribution in [1.29, 1.82) is 0 Å². The highest BCUT2D eigenvalue weighted by atomic mass is 16.6. The van der Waals surface area contributed by atoms with E-state index in [4.69, 9.17) is 9.47 Å². The summed E-state index contributed by atoms with van der Waals surface area (Å²) in [5.74, 6) is 0.565. The molecule has 4 fully saturated rings. The second-order valence-electron chi connectivity index (χ2n) is 12.5. The van der Waals surface area contributed by atoms with Gasteiger partial charge in [-0.2, -0.15) is 0 Å². The number of rotatable bonds is 7. The van der Waals surface area contributed by atoms with Crippen LogP contribution in [0.5, 0.6) is 0 Å². The number of likely N-dealkylation sites (tertiary alicyclic amines) is 2. The summed E-state index contributed by atoms with van der Waals surface area (Å²) in [7, 11) is 0. The van der Waals surface area contributed by atoms with E-state index in [9.17, 15) is 9.59 Å². The average Bonchev–Trinajstić information content (AvgIpc) is 2.95. The summed E-state index contributed by atoms with van der Waals surface area (Å²) in [4.78, 5) is 33.1. The fourth-order valence-electron chi connectivity index (χ4n) is 7.50. The van der Waals surface area contributed by atoms with E-state index in [-0.39, 0.29) is 23.7 Å². The SMILES string of the molecule is CCCCC1CN(CC2CCCCO2)C(=O)OC12CCN(C1CCN(C(=O)c3c(C)cccc3C)CC1)CC2. The lowest BCUT2D eigenvalue weighted by molar-refractivity contribution is -0.132. The Hall–Kier alpha value is -2.12. The maximum atomic E-state index is 13.3. The van der Waals surface area contributed by atoms with E-state index in [1.54, 1.807) is 0 Å². The molecule has 1 aromatic rings. The Morgan fingerprint density at radius 3 is 2.38 bits per heavy atom. The first-order valence-electron chi connectivity index (χ1n) is 15.6. The zero-order chi connectivity index (χ0) is 27.4. The molecule has 4 aliphatic heterocycles. The van der Waals surface area contributed by atoms with Crippen molar-refractivity contribution in [1.82, 2.24) is 14.7 Å². The van der Waals surface area contributed by atoms with Crippen LogP contribution in [0.4, 0.5) is 4.79 Å². The van der Waals surface area contributed by atoms with E-state index in [0.717, 1.165) is 107 Å². The number of aryl methyl sites for hydroxylation is 2. The highest BCUT2D eigenvalue weighted by Crippen LogP contribution is 2.42. The van der Waals surface area contributed by atoms with Crippen LogP contribution in [-0.4, -0.2) is 90.3 Å². The summed E-state index contributed by atoms with van der Waals surface area (Å²) in [5.41, 5.74) is 2.67. The summed E-state index contributed by atoms with van der Waals surface area (Å²) in [5, 5.41) is 0. The van der Waals surface area contributed by atoms with E-state index in [2.05, 4.69) is 11.8 Å². The van der Waals surface area contributed by atoms with Gasteiger partial charge in [-0.25, -0.2) is 4.79 Å². The molecule has 5 rings (SSSR count). The molecule has 7 nitrogen and oxygen atoms in total. The first-order valence-corrected chi connectivity index (χ1v) is 15.6. The van der Waals surface area contributed by atoms with Gasteiger partial charge in [-0.15, -0.1) is 0 Å². The van der Waals surface area contributed by atoms with Crippen molar-refractivity contribution in [3.05, 3.63) is 34.9 Å². The quantitative estimate of drug-likeness (QED) is 0.453. The van der Waals surface area contributed by atoms with Crippen LogP contribution >= 0.6 is 0 Å². The molecule has 2 amide bonds. The topological polar surface area (TPSA) is 62.3 Å². The number of unbranched alkanes of at least 4 members (excludes halogenated alkanes) is 1. The monoisotopic (exact) mass is 539 g/mol. The highest BCUT2D eigenvalue weighted by molar-refractivity contribution is 5.97. The van der Waals surface area contributed by atoms with Crippen LogP contribution < -0.4 is 0 Å². The van der Waals surface area contributed by atoms with Gasteiger partial charge in [-0.05, 0) is 63.5 Å². The van der Waals surface area contributed by atoms with Crippen molar-refractivity contribution >= 4 is 12.0 Å².